The molecule has 3 aromatic rings. The number of anilines is 2. The number of hydrogen-bond acceptors (Lipinski definition) is 3. The molecule has 1 amide bonds. The molecule has 0 aromatic heterocycles. The van der Waals surface area contributed by atoms with Crippen molar-refractivity contribution in [1.82, 2.24) is 5.32 Å². The van der Waals surface area contributed by atoms with Crippen LogP contribution in [0.5, 0.6) is 0 Å². The average molecular weight is 404 g/mol. The van der Waals surface area contributed by atoms with Crippen molar-refractivity contribution in [2.24, 2.45) is 0 Å². The molecule has 0 radical (unpaired) electrons. The normalized spacial score (nSPS) is 13.6. The maximum atomic E-state index is 13.2. The Hall–Kier alpha value is -3.34. The number of nitrogens with one attached hydrogen (secondary N) is 1. The summed E-state index contributed by atoms with van der Waals surface area (Å²) in [5.41, 5.74) is 5.29. The summed E-state index contributed by atoms with van der Waals surface area (Å²) in [6.07, 6.45) is 0.994. The number of nitrogens with zero attached hydrogens (tertiary/aromatic N) is 2. The molecular formula is C25H26FN3O. The first kappa shape index (κ1) is 20.0. The first-order valence-electron chi connectivity index (χ1n) is 10.2. The van der Waals surface area contributed by atoms with Crippen LogP contribution in [0.3, 0.4) is 0 Å². The van der Waals surface area contributed by atoms with Gasteiger partial charge in [-0.3, -0.25) is 4.79 Å². The van der Waals surface area contributed by atoms with E-state index >= 15 is 0 Å². The van der Waals surface area contributed by atoms with Gasteiger partial charge in [0.2, 0.25) is 0 Å². The molecule has 1 N–H and O–H groups in total. The highest BCUT2D eigenvalue weighted by Gasteiger charge is 2.27. The van der Waals surface area contributed by atoms with Gasteiger partial charge in [0.25, 0.3) is 5.91 Å². The van der Waals surface area contributed by atoms with Gasteiger partial charge in [-0.05, 0) is 60.0 Å². The number of para-hydroxylation sites is 1. The maximum absolute atomic E-state index is 13.2. The molecule has 0 bridgehead atoms. The van der Waals surface area contributed by atoms with Gasteiger partial charge in [-0.25, -0.2) is 4.39 Å². The minimum Gasteiger partial charge on any atom is -0.378 e. The van der Waals surface area contributed by atoms with E-state index in [0.717, 1.165) is 24.2 Å². The lowest BCUT2D eigenvalue weighted by Crippen LogP contribution is -2.37. The lowest BCUT2D eigenvalue weighted by Gasteiger charge is -2.31. The van der Waals surface area contributed by atoms with E-state index in [2.05, 4.69) is 63.6 Å². The van der Waals surface area contributed by atoms with Crippen LogP contribution in [0.1, 0.15) is 27.5 Å². The fraction of sp³-hybridized carbons (Fsp3) is 0.240. The van der Waals surface area contributed by atoms with Gasteiger partial charge in [0.15, 0.2) is 0 Å². The lowest BCUT2D eigenvalue weighted by atomic mass is 10.0. The third-order valence-corrected chi connectivity index (χ3v) is 5.66. The molecular weight excluding hydrogens is 377 g/mol. The Bertz CT molecular complexity index is 1020. The predicted molar refractivity (Wildman–Crippen MR) is 120 cm³/mol. The zero-order chi connectivity index (χ0) is 21.1. The molecule has 0 unspecified atom stereocenters. The minimum atomic E-state index is -0.348. The summed E-state index contributed by atoms with van der Waals surface area (Å²) < 4.78 is 13.2. The maximum Gasteiger partial charge on any atom is 0.251 e. The molecule has 1 atom stereocenters. The highest BCUT2D eigenvalue weighted by molar-refractivity contribution is 5.94. The van der Waals surface area contributed by atoms with Gasteiger partial charge in [0.1, 0.15) is 5.82 Å². The highest BCUT2D eigenvalue weighted by Crippen LogP contribution is 2.35. The summed E-state index contributed by atoms with van der Waals surface area (Å²) in [7, 11) is 4.04. The third-order valence-electron chi connectivity index (χ3n) is 5.66. The van der Waals surface area contributed by atoms with Crippen LogP contribution in [-0.2, 0) is 6.42 Å². The van der Waals surface area contributed by atoms with Crippen LogP contribution < -0.4 is 15.1 Å². The van der Waals surface area contributed by atoms with Crippen LogP contribution in [0.15, 0.2) is 72.8 Å². The zero-order valence-corrected chi connectivity index (χ0v) is 17.3. The van der Waals surface area contributed by atoms with E-state index < -0.39 is 0 Å². The van der Waals surface area contributed by atoms with Crippen LogP contribution in [0.2, 0.25) is 0 Å². The van der Waals surface area contributed by atoms with Crippen LogP contribution in [0, 0.1) is 5.82 Å². The van der Waals surface area contributed by atoms with E-state index in [0.29, 0.717) is 12.1 Å². The number of halogens is 1. The largest absolute Gasteiger partial charge is 0.378 e. The van der Waals surface area contributed by atoms with E-state index in [-0.39, 0.29) is 17.8 Å². The number of fused-ring (bicyclic) bond motifs is 1. The Morgan fingerprint density at radius 3 is 2.43 bits per heavy atom. The third kappa shape index (κ3) is 4.15. The highest BCUT2D eigenvalue weighted by atomic mass is 19.1. The molecule has 5 heteroatoms. The smallest absolute Gasteiger partial charge is 0.251 e. The molecule has 1 heterocycles. The van der Waals surface area contributed by atoms with E-state index in [4.69, 9.17) is 0 Å². The van der Waals surface area contributed by atoms with Crippen molar-refractivity contribution in [1.29, 1.82) is 0 Å². The number of benzene rings is 3. The monoisotopic (exact) mass is 403 g/mol. The molecule has 30 heavy (non-hydrogen) atoms. The molecule has 0 spiro atoms. The Kier molecular flexibility index (Phi) is 5.70. The van der Waals surface area contributed by atoms with Gasteiger partial charge in [0, 0.05) is 44.1 Å². The van der Waals surface area contributed by atoms with Crippen molar-refractivity contribution in [2.75, 3.05) is 37.0 Å². The second kappa shape index (κ2) is 8.57. The number of hydrogen-bond donors (Lipinski definition) is 1. The summed E-state index contributed by atoms with van der Waals surface area (Å²) in [5, 5.41) is 3.05. The summed E-state index contributed by atoms with van der Waals surface area (Å²) in [6, 6.07) is 22.5. The van der Waals surface area contributed by atoms with Gasteiger partial charge in [-0.15, -0.1) is 0 Å². The van der Waals surface area contributed by atoms with Crippen molar-refractivity contribution in [3.05, 3.63) is 95.3 Å². The van der Waals surface area contributed by atoms with E-state index in [1.54, 1.807) is 0 Å². The number of carbonyl (C=O) groups is 1. The van der Waals surface area contributed by atoms with Crippen molar-refractivity contribution >= 4 is 17.3 Å². The van der Waals surface area contributed by atoms with Gasteiger partial charge in [-0.1, -0.05) is 30.3 Å². The lowest BCUT2D eigenvalue weighted by molar-refractivity contribution is 0.0951. The Labute approximate surface area is 176 Å². The van der Waals surface area contributed by atoms with Crippen molar-refractivity contribution < 1.29 is 9.18 Å². The van der Waals surface area contributed by atoms with Crippen LogP contribution in [0.25, 0.3) is 0 Å². The fourth-order valence-electron chi connectivity index (χ4n) is 3.98. The first-order valence-corrected chi connectivity index (χ1v) is 10.2. The summed E-state index contributed by atoms with van der Waals surface area (Å²) >= 11 is 0. The van der Waals surface area contributed by atoms with Gasteiger partial charge in [0.05, 0.1) is 6.04 Å². The second-order valence-electron chi connectivity index (χ2n) is 7.79. The van der Waals surface area contributed by atoms with Crippen molar-refractivity contribution in [2.45, 2.75) is 12.5 Å². The molecule has 1 aliphatic rings. The van der Waals surface area contributed by atoms with Gasteiger partial charge in [-0.2, -0.15) is 0 Å². The van der Waals surface area contributed by atoms with Gasteiger partial charge < -0.3 is 15.1 Å². The number of amides is 1. The summed E-state index contributed by atoms with van der Waals surface area (Å²) in [5.74, 6) is -0.545. The van der Waals surface area contributed by atoms with Crippen molar-refractivity contribution in [3.8, 4) is 0 Å². The molecule has 0 saturated carbocycles. The Balaban J connectivity index is 1.59. The van der Waals surface area contributed by atoms with Crippen LogP contribution in [-0.4, -0.2) is 33.1 Å². The van der Waals surface area contributed by atoms with E-state index in [9.17, 15) is 9.18 Å². The summed E-state index contributed by atoms with van der Waals surface area (Å²) in [6.45, 7) is 1.37. The molecule has 154 valence electrons. The Morgan fingerprint density at radius 2 is 1.73 bits per heavy atom. The SMILES string of the molecule is CN(C)c1ccc([C@H](CNC(=O)c2ccc(F)cc2)N2CCc3ccccc32)cc1. The quantitative estimate of drug-likeness (QED) is 0.662. The summed E-state index contributed by atoms with van der Waals surface area (Å²) in [4.78, 5) is 17.1. The average Bonchev–Trinajstić information content (AvgIpc) is 3.19. The topological polar surface area (TPSA) is 35.6 Å². The second-order valence-corrected chi connectivity index (χ2v) is 7.79. The zero-order valence-electron chi connectivity index (χ0n) is 17.3. The molecule has 3 aromatic carbocycles. The van der Waals surface area contributed by atoms with Crippen LogP contribution in [0.4, 0.5) is 15.8 Å². The minimum absolute atomic E-state index is 0.00857. The van der Waals surface area contributed by atoms with Gasteiger partial charge >= 0.3 is 0 Å². The molecule has 1 aliphatic heterocycles. The first-order chi connectivity index (χ1) is 14.5. The fourth-order valence-corrected chi connectivity index (χ4v) is 3.98. The molecule has 0 saturated heterocycles. The predicted octanol–water partition coefficient (Wildman–Crippen LogP) is 4.43. The van der Waals surface area contributed by atoms with Crippen LogP contribution >= 0.6 is 0 Å². The molecule has 0 fully saturated rings. The van der Waals surface area contributed by atoms with Crippen molar-refractivity contribution in [3.63, 3.8) is 0 Å². The molecule has 0 aliphatic carbocycles. The molecule has 4 nitrogen and oxygen atoms in total. The van der Waals surface area contributed by atoms with E-state index in [1.807, 2.05) is 14.1 Å². The molecule has 4 rings (SSSR count). The number of carbonyl (C=O) groups excluding carboxylic acids is 1. The van der Waals surface area contributed by atoms with E-state index in [1.165, 1.54) is 35.5 Å². The standard InChI is InChI=1S/C25H26FN3O/c1-28(2)22-13-9-19(10-14-22)24(29-16-15-18-5-3-4-6-23(18)29)17-27-25(30)20-7-11-21(26)12-8-20/h3-14,24H,15-17H2,1-2H3,(H,27,30)/t24-/m0/s1. The number of rotatable bonds is 6. The Morgan fingerprint density at radius 1 is 1.03 bits per heavy atom.